The van der Waals surface area contributed by atoms with Crippen molar-refractivity contribution in [2.24, 2.45) is 5.73 Å². The highest BCUT2D eigenvalue weighted by atomic mass is 32.2. The Bertz CT molecular complexity index is 521. The van der Waals surface area contributed by atoms with E-state index < -0.39 is 15.9 Å². The van der Waals surface area contributed by atoms with Crippen molar-refractivity contribution in [3.63, 3.8) is 0 Å². The Hall–Kier alpha value is -1.40. The molecule has 0 aromatic heterocycles. The normalized spacial score (nSPS) is 11.8. The van der Waals surface area contributed by atoms with Crippen molar-refractivity contribution in [1.29, 1.82) is 0 Å². The molecule has 1 aromatic carbocycles. The van der Waals surface area contributed by atoms with Gasteiger partial charge in [0.25, 0.3) is 0 Å². The molecule has 0 radical (unpaired) electrons. The Morgan fingerprint density at radius 2 is 1.88 bits per heavy atom. The number of nitrogens with two attached hydrogens (primary N) is 1. The zero-order valence-electron chi connectivity index (χ0n) is 9.39. The lowest BCUT2D eigenvalue weighted by molar-refractivity contribution is 0.0999. The van der Waals surface area contributed by atoms with Crippen molar-refractivity contribution in [3.8, 4) is 0 Å². The third-order valence-electron chi connectivity index (χ3n) is 2.25. The average Bonchev–Trinajstić information content (AvgIpc) is 2.17. The van der Waals surface area contributed by atoms with Crippen LogP contribution in [0.2, 0.25) is 0 Å². The highest BCUT2D eigenvalue weighted by Gasteiger charge is 2.19. The van der Waals surface area contributed by atoms with Crippen molar-refractivity contribution >= 4 is 15.9 Å². The van der Waals surface area contributed by atoms with E-state index in [1.807, 2.05) is 0 Å². The predicted octanol–water partition coefficient (Wildman–Crippen LogP) is 0.344. The van der Waals surface area contributed by atoms with E-state index in [9.17, 15) is 13.2 Å². The SMILES string of the molecule is Cc1ccc(S(=O)(=O)N(C)C)cc1C(N)=O. The van der Waals surface area contributed by atoms with E-state index in [0.717, 1.165) is 4.31 Å². The van der Waals surface area contributed by atoms with Crippen LogP contribution in [0, 0.1) is 6.92 Å². The fourth-order valence-electron chi connectivity index (χ4n) is 1.24. The molecule has 2 N–H and O–H groups in total. The number of sulfonamides is 1. The van der Waals surface area contributed by atoms with Gasteiger partial charge in [0.15, 0.2) is 0 Å². The molecule has 0 spiro atoms. The molecule has 0 aliphatic heterocycles. The molecule has 0 unspecified atom stereocenters. The fraction of sp³-hybridized carbons (Fsp3) is 0.300. The topological polar surface area (TPSA) is 80.5 Å². The highest BCUT2D eigenvalue weighted by molar-refractivity contribution is 7.89. The van der Waals surface area contributed by atoms with E-state index in [4.69, 9.17) is 5.73 Å². The zero-order chi connectivity index (χ0) is 12.5. The monoisotopic (exact) mass is 242 g/mol. The number of carbonyl (C=O) groups excluding carboxylic acids is 1. The van der Waals surface area contributed by atoms with Crippen LogP contribution >= 0.6 is 0 Å². The van der Waals surface area contributed by atoms with Crippen LogP contribution in [0.4, 0.5) is 0 Å². The minimum Gasteiger partial charge on any atom is -0.366 e. The van der Waals surface area contributed by atoms with Crippen LogP contribution in [0.3, 0.4) is 0 Å². The van der Waals surface area contributed by atoms with Crippen molar-refractivity contribution < 1.29 is 13.2 Å². The van der Waals surface area contributed by atoms with E-state index in [1.165, 1.54) is 26.2 Å². The molecule has 0 saturated carbocycles. The molecular formula is C10H14N2O3S. The number of rotatable bonds is 3. The second kappa shape index (κ2) is 4.23. The molecule has 1 amide bonds. The molecule has 0 fully saturated rings. The van der Waals surface area contributed by atoms with Gasteiger partial charge in [-0.3, -0.25) is 4.79 Å². The maximum absolute atomic E-state index is 11.8. The average molecular weight is 242 g/mol. The van der Waals surface area contributed by atoms with Gasteiger partial charge in [-0.15, -0.1) is 0 Å². The van der Waals surface area contributed by atoms with Crippen LogP contribution in [-0.2, 0) is 10.0 Å². The molecular weight excluding hydrogens is 228 g/mol. The highest BCUT2D eigenvalue weighted by Crippen LogP contribution is 2.17. The number of nitrogens with zero attached hydrogens (tertiary/aromatic N) is 1. The van der Waals surface area contributed by atoms with Crippen molar-refractivity contribution in [3.05, 3.63) is 29.3 Å². The first-order valence-corrected chi connectivity index (χ1v) is 6.04. The van der Waals surface area contributed by atoms with Crippen LogP contribution in [0.1, 0.15) is 15.9 Å². The second-order valence-corrected chi connectivity index (χ2v) is 5.78. The van der Waals surface area contributed by atoms with E-state index in [-0.39, 0.29) is 10.5 Å². The van der Waals surface area contributed by atoms with Crippen LogP contribution < -0.4 is 5.73 Å². The zero-order valence-corrected chi connectivity index (χ0v) is 10.2. The molecule has 16 heavy (non-hydrogen) atoms. The maximum atomic E-state index is 11.8. The lowest BCUT2D eigenvalue weighted by Crippen LogP contribution is -2.23. The summed E-state index contributed by atoms with van der Waals surface area (Å²) in [5.74, 6) is -0.631. The van der Waals surface area contributed by atoms with E-state index in [1.54, 1.807) is 13.0 Å². The molecule has 0 aliphatic rings. The summed E-state index contributed by atoms with van der Waals surface area (Å²) in [6.45, 7) is 1.70. The molecule has 0 bridgehead atoms. The van der Waals surface area contributed by atoms with Crippen LogP contribution in [0.25, 0.3) is 0 Å². The summed E-state index contributed by atoms with van der Waals surface area (Å²) in [6, 6.07) is 4.32. The summed E-state index contributed by atoms with van der Waals surface area (Å²) >= 11 is 0. The van der Waals surface area contributed by atoms with Gasteiger partial charge in [-0.1, -0.05) is 6.07 Å². The first-order valence-electron chi connectivity index (χ1n) is 4.60. The van der Waals surface area contributed by atoms with E-state index in [2.05, 4.69) is 0 Å². The number of hydrogen-bond acceptors (Lipinski definition) is 3. The maximum Gasteiger partial charge on any atom is 0.249 e. The Morgan fingerprint density at radius 1 is 1.31 bits per heavy atom. The van der Waals surface area contributed by atoms with Crippen LogP contribution in [0.5, 0.6) is 0 Å². The first kappa shape index (κ1) is 12.7. The molecule has 0 heterocycles. The van der Waals surface area contributed by atoms with Gasteiger partial charge in [0, 0.05) is 19.7 Å². The van der Waals surface area contributed by atoms with Crippen molar-refractivity contribution in [2.75, 3.05) is 14.1 Å². The lowest BCUT2D eigenvalue weighted by atomic mass is 10.1. The summed E-state index contributed by atoms with van der Waals surface area (Å²) in [5.41, 5.74) is 6.04. The van der Waals surface area contributed by atoms with Gasteiger partial charge in [0.1, 0.15) is 0 Å². The van der Waals surface area contributed by atoms with Gasteiger partial charge in [0.05, 0.1) is 4.90 Å². The fourth-order valence-corrected chi connectivity index (χ4v) is 2.17. The van der Waals surface area contributed by atoms with Crippen LogP contribution in [-0.4, -0.2) is 32.7 Å². The molecule has 6 heteroatoms. The van der Waals surface area contributed by atoms with Gasteiger partial charge in [0.2, 0.25) is 15.9 Å². The molecule has 5 nitrogen and oxygen atoms in total. The quantitative estimate of drug-likeness (QED) is 0.830. The van der Waals surface area contributed by atoms with E-state index >= 15 is 0 Å². The second-order valence-electron chi connectivity index (χ2n) is 3.63. The van der Waals surface area contributed by atoms with Crippen molar-refractivity contribution in [1.82, 2.24) is 4.31 Å². The summed E-state index contributed by atoms with van der Waals surface area (Å²) < 4.78 is 24.7. The van der Waals surface area contributed by atoms with Gasteiger partial charge in [-0.05, 0) is 24.6 Å². The number of amides is 1. The third-order valence-corrected chi connectivity index (χ3v) is 4.06. The van der Waals surface area contributed by atoms with Crippen molar-refractivity contribution in [2.45, 2.75) is 11.8 Å². The molecule has 0 aliphatic carbocycles. The Balaban J connectivity index is 3.40. The summed E-state index contributed by atoms with van der Waals surface area (Å²) in [7, 11) is -0.665. The predicted molar refractivity (Wildman–Crippen MR) is 60.6 cm³/mol. The van der Waals surface area contributed by atoms with Crippen LogP contribution in [0.15, 0.2) is 23.1 Å². The standard InChI is InChI=1S/C10H14N2O3S/c1-7-4-5-8(6-9(7)10(11)13)16(14,15)12(2)3/h4-6H,1-3H3,(H2,11,13). The Morgan fingerprint density at radius 3 is 2.31 bits per heavy atom. The molecule has 0 atom stereocenters. The Labute approximate surface area is 94.9 Å². The van der Waals surface area contributed by atoms with Gasteiger partial charge >= 0.3 is 0 Å². The summed E-state index contributed by atoms with van der Waals surface area (Å²) in [5, 5.41) is 0. The van der Waals surface area contributed by atoms with Gasteiger partial charge in [-0.25, -0.2) is 12.7 Å². The smallest absolute Gasteiger partial charge is 0.249 e. The first-order chi connectivity index (χ1) is 7.26. The molecule has 1 aromatic rings. The van der Waals surface area contributed by atoms with E-state index in [0.29, 0.717) is 5.56 Å². The molecule has 0 saturated heterocycles. The number of hydrogen-bond donors (Lipinski definition) is 1. The lowest BCUT2D eigenvalue weighted by Gasteiger charge is -2.12. The molecule has 88 valence electrons. The van der Waals surface area contributed by atoms with Gasteiger partial charge in [-0.2, -0.15) is 0 Å². The van der Waals surface area contributed by atoms with Gasteiger partial charge < -0.3 is 5.73 Å². The number of carbonyl (C=O) groups is 1. The number of benzene rings is 1. The number of primary amides is 1. The minimum absolute atomic E-state index is 0.0666. The summed E-state index contributed by atoms with van der Waals surface area (Å²) in [6.07, 6.45) is 0. The largest absolute Gasteiger partial charge is 0.366 e. The third kappa shape index (κ3) is 2.23. The number of aryl methyl sites for hydroxylation is 1. The minimum atomic E-state index is -3.52. The summed E-state index contributed by atoms with van der Waals surface area (Å²) in [4.78, 5) is 11.2. The Kier molecular flexibility index (Phi) is 3.35. The molecule has 1 rings (SSSR count).